The number of hydrogen-bond acceptors (Lipinski definition) is 4. The van der Waals surface area contributed by atoms with Gasteiger partial charge < -0.3 is 14.4 Å². The van der Waals surface area contributed by atoms with Crippen LogP contribution in [0.1, 0.15) is 52.7 Å². The molecule has 0 radical (unpaired) electrons. The summed E-state index contributed by atoms with van der Waals surface area (Å²) in [6.45, 7) is 4.44. The Labute approximate surface area is 236 Å². The third kappa shape index (κ3) is 5.80. The van der Waals surface area contributed by atoms with Gasteiger partial charge in [-0.2, -0.15) is 0 Å². The van der Waals surface area contributed by atoms with Gasteiger partial charge >= 0.3 is 5.97 Å². The first-order valence-corrected chi connectivity index (χ1v) is 13.5. The highest BCUT2D eigenvalue weighted by Crippen LogP contribution is 2.31. The summed E-state index contributed by atoms with van der Waals surface area (Å²) in [5, 5.41) is 16.8. The molecule has 1 N–H and O–H groups in total. The zero-order chi connectivity index (χ0) is 27.5. The minimum absolute atomic E-state index is 0.153. The molecule has 39 heavy (non-hydrogen) atoms. The van der Waals surface area contributed by atoms with Gasteiger partial charge in [-0.15, -0.1) is 0 Å². The fraction of sp³-hybridized carbons (Fsp3) is 0.188. The zero-order valence-electron chi connectivity index (χ0n) is 21.6. The predicted octanol–water partition coefficient (Wildman–Crippen LogP) is 8.99. The number of aromatic carboxylic acids is 1. The van der Waals surface area contributed by atoms with E-state index in [1.54, 1.807) is 12.1 Å². The Morgan fingerprint density at radius 1 is 0.897 bits per heavy atom. The molecule has 0 saturated heterocycles. The smallest absolute Gasteiger partial charge is 0.336 e. The molecule has 198 valence electrons. The van der Waals surface area contributed by atoms with Gasteiger partial charge in [0.25, 0.3) is 0 Å². The Bertz CT molecular complexity index is 1620. The number of carboxylic acid groups (broad SMARTS) is 1. The topological polar surface area (TPSA) is 72.6 Å². The standard InChI is InChI=1S/C32H27Cl2NO4/c1-19(2)31-27(30(35-39-31)16-15-25-28(33)7-4-8-29(25)34)18-38-23-13-11-20(12-14-23)22-10-9-21-5-3-6-24(32(36)37)26(21)17-22/h3-14,17,19H,15-16,18H2,1-2H3,(H,36,37). The van der Waals surface area contributed by atoms with Crippen molar-refractivity contribution in [1.82, 2.24) is 5.16 Å². The lowest BCUT2D eigenvalue weighted by Gasteiger charge is -2.11. The molecule has 0 amide bonds. The van der Waals surface area contributed by atoms with E-state index in [2.05, 4.69) is 19.0 Å². The van der Waals surface area contributed by atoms with E-state index in [-0.39, 0.29) is 11.5 Å². The maximum absolute atomic E-state index is 11.7. The molecular formula is C32H27Cl2NO4. The lowest BCUT2D eigenvalue weighted by atomic mass is 9.98. The number of carboxylic acids is 1. The van der Waals surface area contributed by atoms with Crippen LogP contribution in [0, 0.1) is 0 Å². The summed E-state index contributed by atoms with van der Waals surface area (Å²) in [4.78, 5) is 11.7. The van der Waals surface area contributed by atoms with Gasteiger partial charge in [0.2, 0.25) is 0 Å². The molecule has 5 nitrogen and oxygen atoms in total. The number of hydrogen-bond donors (Lipinski definition) is 1. The van der Waals surface area contributed by atoms with E-state index in [1.807, 2.05) is 66.7 Å². The molecule has 5 aromatic rings. The van der Waals surface area contributed by atoms with E-state index in [1.165, 1.54) is 0 Å². The van der Waals surface area contributed by atoms with Gasteiger partial charge in [0.15, 0.2) is 0 Å². The number of benzene rings is 4. The lowest BCUT2D eigenvalue weighted by molar-refractivity contribution is 0.0699. The largest absolute Gasteiger partial charge is 0.489 e. The minimum atomic E-state index is -0.940. The maximum atomic E-state index is 11.7. The molecule has 1 aromatic heterocycles. The number of rotatable bonds is 9. The average molecular weight is 560 g/mol. The van der Waals surface area contributed by atoms with E-state index in [0.29, 0.717) is 40.6 Å². The molecular weight excluding hydrogens is 533 g/mol. The van der Waals surface area contributed by atoms with E-state index in [9.17, 15) is 9.90 Å². The quantitative estimate of drug-likeness (QED) is 0.195. The van der Waals surface area contributed by atoms with Crippen LogP contribution < -0.4 is 4.74 Å². The van der Waals surface area contributed by atoms with E-state index >= 15 is 0 Å². The van der Waals surface area contributed by atoms with Crippen LogP contribution in [-0.4, -0.2) is 16.2 Å². The molecule has 0 spiro atoms. The van der Waals surface area contributed by atoms with E-state index in [0.717, 1.165) is 39.1 Å². The van der Waals surface area contributed by atoms with Crippen LogP contribution in [0.4, 0.5) is 0 Å². The molecule has 0 aliphatic heterocycles. The van der Waals surface area contributed by atoms with Gasteiger partial charge in [-0.1, -0.05) is 84.7 Å². The van der Waals surface area contributed by atoms with Gasteiger partial charge in [0.05, 0.1) is 16.8 Å². The van der Waals surface area contributed by atoms with Crippen LogP contribution in [0.3, 0.4) is 0 Å². The van der Waals surface area contributed by atoms with Crippen LogP contribution in [0.25, 0.3) is 21.9 Å². The van der Waals surface area contributed by atoms with Crippen molar-refractivity contribution in [2.75, 3.05) is 0 Å². The molecule has 0 fully saturated rings. The number of halogens is 2. The van der Waals surface area contributed by atoms with Crippen molar-refractivity contribution in [3.8, 4) is 16.9 Å². The maximum Gasteiger partial charge on any atom is 0.336 e. The molecule has 0 unspecified atom stereocenters. The SMILES string of the molecule is CC(C)c1onc(CCc2c(Cl)cccc2Cl)c1COc1ccc(-c2ccc3cccc(C(=O)O)c3c2)cc1. The second-order valence-electron chi connectivity index (χ2n) is 9.69. The highest BCUT2D eigenvalue weighted by Gasteiger charge is 2.20. The highest BCUT2D eigenvalue weighted by atomic mass is 35.5. The number of aromatic nitrogens is 1. The first-order valence-electron chi connectivity index (χ1n) is 12.7. The average Bonchev–Trinajstić information content (AvgIpc) is 3.34. The van der Waals surface area contributed by atoms with Crippen molar-refractivity contribution >= 4 is 39.9 Å². The van der Waals surface area contributed by atoms with Crippen molar-refractivity contribution in [3.05, 3.63) is 117 Å². The van der Waals surface area contributed by atoms with Crippen molar-refractivity contribution in [2.45, 2.75) is 39.2 Å². The molecule has 4 aromatic carbocycles. The molecule has 7 heteroatoms. The summed E-state index contributed by atoms with van der Waals surface area (Å²) >= 11 is 12.7. The third-order valence-corrected chi connectivity index (χ3v) is 7.49. The number of carbonyl (C=O) groups is 1. The van der Waals surface area contributed by atoms with Gasteiger partial charge in [-0.3, -0.25) is 0 Å². The van der Waals surface area contributed by atoms with E-state index < -0.39 is 5.97 Å². The summed E-state index contributed by atoms with van der Waals surface area (Å²) in [6.07, 6.45) is 1.26. The zero-order valence-corrected chi connectivity index (χ0v) is 23.1. The summed E-state index contributed by atoms with van der Waals surface area (Å²) in [5.41, 5.74) is 4.85. The summed E-state index contributed by atoms with van der Waals surface area (Å²) in [5.74, 6) is 0.726. The Morgan fingerprint density at radius 2 is 1.59 bits per heavy atom. The molecule has 5 rings (SSSR count). The minimum Gasteiger partial charge on any atom is -0.489 e. The number of nitrogens with zero attached hydrogens (tertiary/aromatic N) is 1. The van der Waals surface area contributed by atoms with Crippen molar-refractivity contribution in [3.63, 3.8) is 0 Å². The molecule has 0 atom stereocenters. The summed E-state index contributed by atoms with van der Waals surface area (Å²) < 4.78 is 11.9. The summed E-state index contributed by atoms with van der Waals surface area (Å²) in [6, 6.07) is 24.4. The highest BCUT2D eigenvalue weighted by molar-refractivity contribution is 6.36. The van der Waals surface area contributed by atoms with Gasteiger partial charge in [0.1, 0.15) is 18.1 Å². The van der Waals surface area contributed by atoms with Gasteiger partial charge in [-0.05, 0) is 76.7 Å². The Morgan fingerprint density at radius 3 is 2.28 bits per heavy atom. The monoisotopic (exact) mass is 559 g/mol. The second kappa shape index (κ2) is 11.5. The van der Waals surface area contributed by atoms with E-state index in [4.69, 9.17) is 32.5 Å². The normalized spacial score (nSPS) is 11.3. The van der Waals surface area contributed by atoms with Crippen LogP contribution >= 0.6 is 23.2 Å². The second-order valence-corrected chi connectivity index (χ2v) is 10.5. The van der Waals surface area contributed by atoms with Crippen molar-refractivity contribution in [2.24, 2.45) is 0 Å². The Hall–Kier alpha value is -3.80. The molecule has 0 saturated carbocycles. The first-order chi connectivity index (χ1) is 18.8. The lowest BCUT2D eigenvalue weighted by Crippen LogP contribution is -2.04. The number of aryl methyl sites for hydroxylation is 1. The third-order valence-electron chi connectivity index (χ3n) is 6.78. The first kappa shape index (κ1) is 26.8. The number of ether oxygens (including phenoxy) is 1. The van der Waals surface area contributed by atoms with Crippen LogP contribution in [0.15, 0.2) is 83.4 Å². The van der Waals surface area contributed by atoms with Crippen molar-refractivity contribution in [1.29, 1.82) is 0 Å². The Kier molecular flexibility index (Phi) is 7.92. The number of fused-ring (bicyclic) bond motifs is 1. The van der Waals surface area contributed by atoms with Crippen molar-refractivity contribution < 1.29 is 19.2 Å². The van der Waals surface area contributed by atoms with Gasteiger partial charge in [0, 0.05) is 16.0 Å². The molecule has 1 heterocycles. The fourth-order valence-electron chi connectivity index (χ4n) is 4.71. The van der Waals surface area contributed by atoms with Crippen LogP contribution in [-0.2, 0) is 19.4 Å². The molecule has 0 bridgehead atoms. The van der Waals surface area contributed by atoms with Crippen LogP contribution in [0.2, 0.25) is 10.0 Å². The molecule has 0 aliphatic rings. The van der Waals surface area contributed by atoms with Gasteiger partial charge in [-0.25, -0.2) is 4.79 Å². The summed E-state index contributed by atoms with van der Waals surface area (Å²) in [7, 11) is 0. The van der Waals surface area contributed by atoms with Crippen LogP contribution in [0.5, 0.6) is 5.75 Å². The fourth-order valence-corrected chi connectivity index (χ4v) is 5.30. The molecule has 0 aliphatic carbocycles. The predicted molar refractivity (Wildman–Crippen MR) is 155 cm³/mol. The Balaban J connectivity index is 1.33.